The van der Waals surface area contributed by atoms with Gasteiger partial charge >= 0.3 is 0 Å². The van der Waals surface area contributed by atoms with Crippen molar-refractivity contribution in [2.45, 2.75) is 51.6 Å². The van der Waals surface area contributed by atoms with Crippen molar-refractivity contribution in [1.29, 1.82) is 0 Å². The molecule has 17 heavy (non-hydrogen) atoms. The van der Waals surface area contributed by atoms with Gasteiger partial charge in [0, 0.05) is 17.5 Å². The van der Waals surface area contributed by atoms with Gasteiger partial charge in [0.05, 0.1) is 11.1 Å². The zero-order valence-corrected chi connectivity index (χ0v) is 11.2. The number of aryl methyl sites for hydroxylation is 1. The number of aliphatic hydroxyl groups is 1. The highest BCUT2D eigenvalue weighted by atomic mass is 32.1. The Kier molecular flexibility index (Phi) is 3.22. The summed E-state index contributed by atoms with van der Waals surface area (Å²) >= 11 is 1.68. The number of thiazole rings is 1. The molecule has 2 fully saturated rings. The Balaban J connectivity index is 1.52. The SMILES string of the molecule is Cc1csc(CC(O)CC2CC3CCC2C3)n1. The summed E-state index contributed by atoms with van der Waals surface area (Å²) in [7, 11) is 0. The van der Waals surface area contributed by atoms with Crippen LogP contribution in [0.2, 0.25) is 0 Å². The van der Waals surface area contributed by atoms with Gasteiger partial charge in [-0.3, -0.25) is 0 Å². The van der Waals surface area contributed by atoms with Crippen LogP contribution in [0.25, 0.3) is 0 Å². The summed E-state index contributed by atoms with van der Waals surface area (Å²) in [4.78, 5) is 4.43. The Morgan fingerprint density at radius 3 is 2.94 bits per heavy atom. The van der Waals surface area contributed by atoms with E-state index in [4.69, 9.17) is 0 Å². The molecule has 4 atom stereocenters. The first-order valence-electron chi connectivity index (χ1n) is 6.80. The van der Waals surface area contributed by atoms with Crippen molar-refractivity contribution in [2.24, 2.45) is 17.8 Å². The highest BCUT2D eigenvalue weighted by molar-refractivity contribution is 7.09. The molecule has 0 radical (unpaired) electrons. The molecule has 0 spiro atoms. The van der Waals surface area contributed by atoms with Crippen molar-refractivity contribution >= 4 is 11.3 Å². The lowest BCUT2D eigenvalue weighted by atomic mass is 9.84. The van der Waals surface area contributed by atoms with Crippen molar-refractivity contribution in [2.75, 3.05) is 0 Å². The Hall–Kier alpha value is -0.410. The summed E-state index contributed by atoms with van der Waals surface area (Å²) < 4.78 is 0. The third-order valence-electron chi connectivity index (χ3n) is 4.54. The molecule has 0 aromatic carbocycles. The van der Waals surface area contributed by atoms with E-state index < -0.39 is 0 Å². The fourth-order valence-electron chi connectivity index (χ4n) is 3.80. The van der Waals surface area contributed by atoms with Gasteiger partial charge in [0.15, 0.2) is 0 Å². The van der Waals surface area contributed by atoms with Gasteiger partial charge < -0.3 is 5.11 Å². The molecule has 94 valence electrons. The van der Waals surface area contributed by atoms with Crippen LogP contribution in [0.15, 0.2) is 5.38 Å². The summed E-state index contributed by atoms with van der Waals surface area (Å²) in [5.41, 5.74) is 1.08. The first-order valence-corrected chi connectivity index (χ1v) is 7.67. The van der Waals surface area contributed by atoms with Crippen LogP contribution in [0.1, 0.15) is 42.8 Å². The monoisotopic (exact) mass is 251 g/mol. The second-order valence-electron chi connectivity index (χ2n) is 5.91. The minimum absolute atomic E-state index is 0.176. The molecule has 4 unspecified atom stereocenters. The predicted molar refractivity (Wildman–Crippen MR) is 70.1 cm³/mol. The average molecular weight is 251 g/mol. The third-order valence-corrected chi connectivity index (χ3v) is 5.53. The second-order valence-corrected chi connectivity index (χ2v) is 6.85. The number of fused-ring (bicyclic) bond motifs is 2. The van der Waals surface area contributed by atoms with Crippen LogP contribution >= 0.6 is 11.3 Å². The molecule has 0 saturated heterocycles. The van der Waals surface area contributed by atoms with Crippen molar-refractivity contribution in [1.82, 2.24) is 4.98 Å². The molecule has 2 saturated carbocycles. The molecular weight excluding hydrogens is 230 g/mol. The molecule has 2 nitrogen and oxygen atoms in total. The molecular formula is C14H21NOS. The van der Waals surface area contributed by atoms with E-state index in [1.165, 1.54) is 25.7 Å². The molecule has 3 rings (SSSR count). The smallest absolute Gasteiger partial charge is 0.0953 e. The topological polar surface area (TPSA) is 33.1 Å². The number of rotatable bonds is 4. The number of aliphatic hydroxyl groups excluding tert-OH is 1. The van der Waals surface area contributed by atoms with E-state index in [-0.39, 0.29) is 6.10 Å². The Morgan fingerprint density at radius 1 is 1.47 bits per heavy atom. The highest BCUT2D eigenvalue weighted by Crippen LogP contribution is 2.49. The van der Waals surface area contributed by atoms with E-state index in [0.29, 0.717) is 0 Å². The minimum Gasteiger partial charge on any atom is -0.393 e. The Morgan fingerprint density at radius 2 is 2.35 bits per heavy atom. The fraction of sp³-hybridized carbons (Fsp3) is 0.786. The van der Waals surface area contributed by atoms with Crippen molar-refractivity contribution in [3.05, 3.63) is 16.1 Å². The lowest BCUT2D eigenvalue weighted by molar-refractivity contribution is 0.124. The normalized spacial score (nSPS) is 33.2. The van der Waals surface area contributed by atoms with Crippen molar-refractivity contribution < 1.29 is 5.11 Å². The molecule has 0 amide bonds. The molecule has 1 heterocycles. The van der Waals surface area contributed by atoms with Gasteiger partial charge in [-0.15, -0.1) is 11.3 Å². The molecule has 2 aliphatic rings. The fourth-order valence-corrected chi connectivity index (χ4v) is 4.64. The summed E-state index contributed by atoms with van der Waals surface area (Å²) in [6, 6.07) is 0. The van der Waals surface area contributed by atoms with E-state index >= 15 is 0 Å². The number of nitrogens with zero attached hydrogens (tertiary/aromatic N) is 1. The maximum Gasteiger partial charge on any atom is 0.0953 e. The zero-order chi connectivity index (χ0) is 11.8. The highest BCUT2D eigenvalue weighted by Gasteiger charge is 2.39. The largest absolute Gasteiger partial charge is 0.393 e. The van der Waals surface area contributed by atoms with Crippen LogP contribution in [-0.2, 0) is 6.42 Å². The van der Waals surface area contributed by atoms with Gasteiger partial charge in [-0.1, -0.05) is 6.42 Å². The molecule has 1 N–H and O–H groups in total. The van der Waals surface area contributed by atoms with Crippen LogP contribution in [-0.4, -0.2) is 16.2 Å². The number of hydrogen-bond donors (Lipinski definition) is 1. The van der Waals surface area contributed by atoms with Crippen molar-refractivity contribution in [3.8, 4) is 0 Å². The van der Waals surface area contributed by atoms with Gasteiger partial charge in [-0.25, -0.2) is 4.98 Å². The lowest BCUT2D eigenvalue weighted by Gasteiger charge is -2.23. The quantitative estimate of drug-likeness (QED) is 0.891. The van der Waals surface area contributed by atoms with Crippen LogP contribution in [0.3, 0.4) is 0 Å². The number of aromatic nitrogens is 1. The van der Waals surface area contributed by atoms with Gasteiger partial charge in [0.1, 0.15) is 0 Å². The molecule has 0 aliphatic heterocycles. The second kappa shape index (κ2) is 4.69. The average Bonchev–Trinajstić information content (AvgIpc) is 2.95. The van der Waals surface area contributed by atoms with Crippen LogP contribution in [0, 0.1) is 24.7 Å². The van der Waals surface area contributed by atoms with E-state index in [0.717, 1.165) is 41.3 Å². The van der Waals surface area contributed by atoms with Crippen molar-refractivity contribution in [3.63, 3.8) is 0 Å². The molecule has 3 heteroatoms. The summed E-state index contributed by atoms with van der Waals surface area (Å²) in [5, 5.41) is 13.3. The molecule has 2 bridgehead atoms. The first-order chi connectivity index (χ1) is 8.20. The minimum atomic E-state index is -0.176. The maximum absolute atomic E-state index is 10.2. The van der Waals surface area contributed by atoms with Crippen LogP contribution < -0.4 is 0 Å². The molecule has 1 aromatic heterocycles. The summed E-state index contributed by atoms with van der Waals surface area (Å²) in [5.74, 6) is 2.71. The molecule has 1 aromatic rings. The summed E-state index contributed by atoms with van der Waals surface area (Å²) in [6.45, 7) is 2.02. The Labute approximate surface area is 107 Å². The van der Waals surface area contributed by atoms with Gasteiger partial charge in [-0.05, 0) is 50.4 Å². The Bertz CT molecular complexity index is 389. The standard InChI is InChI=1S/C14H21NOS/c1-9-8-17-14(15-9)7-13(16)6-12-5-10-2-3-11(12)4-10/h8,10-13,16H,2-7H2,1H3. The lowest BCUT2D eigenvalue weighted by Crippen LogP contribution is -2.20. The zero-order valence-electron chi connectivity index (χ0n) is 10.4. The first kappa shape index (κ1) is 11.7. The maximum atomic E-state index is 10.2. The van der Waals surface area contributed by atoms with E-state index in [1.807, 2.05) is 6.92 Å². The van der Waals surface area contributed by atoms with Crippen LogP contribution in [0.5, 0.6) is 0 Å². The number of hydrogen-bond acceptors (Lipinski definition) is 3. The van der Waals surface area contributed by atoms with Gasteiger partial charge in [0.2, 0.25) is 0 Å². The van der Waals surface area contributed by atoms with Gasteiger partial charge in [-0.2, -0.15) is 0 Å². The third kappa shape index (κ3) is 2.55. The molecule has 2 aliphatic carbocycles. The van der Waals surface area contributed by atoms with Crippen LogP contribution in [0.4, 0.5) is 0 Å². The van der Waals surface area contributed by atoms with E-state index in [9.17, 15) is 5.11 Å². The van der Waals surface area contributed by atoms with Gasteiger partial charge in [0.25, 0.3) is 0 Å². The summed E-state index contributed by atoms with van der Waals surface area (Å²) in [6.07, 6.45) is 7.25. The predicted octanol–water partition coefficient (Wildman–Crippen LogP) is 3.18. The van der Waals surface area contributed by atoms with E-state index in [1.54, 1.807) is 11.3 Å². The van der Waals surface area contributed by atoms with E-state index in [2.05, 4.69) is 10.4 Å².